The number of nitrogens with zero attached hydrogens (tertiary/aromatic N) is 7. The highest BCUT2D eigenvalue weighted by Crippen LogP contribution is 2.22. The Bertz CT molecular complexity index is 1440. The van der Waals surface area contributed by atoms with Gasteiger partial charge in [0.05, 0.1) is 43.9 Å². The Balaban J connectivity index is 1.21. The molecule has 0 amide bonds. The van der Waals surface area contributed by atoms with Crippen LogP contribution in [0.1, 0.15) is 25.7 Å². The first-order valence-electron chi connectivity index (χ1n) is 14.7. The molecular weight excluding hydrogens is 542 g/mol. The van der Waals surface area contributed by atoms with E-state index in [1.807, 2.05) is 96.2 Å². The zero-order valence-electron chi connectivity index (χ0n) is 24.7. The molecule has 4 aromatic rings. The van der Waals surface area contributed by atoms with Crippen LogP contribution in [0.4, 0.5) is 28.6 Å². The van der Waals surface area contributed by atoms with Gasteiger partial charge in [0.15, 0.2) is 12.4 Å². The fraction of sp³-hybridized carbons (Fsp3) is 0.333. The van der Waals surface area contributed by atoms with Crippen molar-refractivity contribution in [2.24, 2.45) is 20.5 Å². The third-order valence-corrected chi connectivity index (χ3v) is 6.90. The van der Waals surface area contributed by atoms with Crippen LogP contribution >= 0.6 is 0 Å². The Hall–Kier alpha value is -4.54. The van der Waals surface area contributed by atoms with E-state index in [1.54, 1.807) is 7.11 Å². The monoisotopic (exact) mass is 583 g/mol. The van der Waals surface area contributed by atoms with E-state index in [2.05, 4.69) is 35.8 Å². The maximum atomic E-state index is 9.27. The Morgan fingerprint density at radius 3 is 2.00 bits per heavy atom. The van der Waals surface area contributed by atoms with E-state index >= 15 is 0 Å². The van der Waals surface area contributed by atoms with Gasteiger partial charge in [-0.3, -0.25) is 0 Å². The number of aliphatic hydroxyl groups is 2. The largest absolute Gasteiger partial charge is 0.497 e. The fourth-order valence-electron chi connectivity index (χ4n) is 4.60. The van der Waals surface area contributed by atoms with Gasteiger partial charge in [-0.1, -0.05) is 6.07 Å². The summed E-state index contributed by atoms with van der Waals surface area (Å²) < 4.78 is 9.48. The highest BCUT2D eigenvalue weighted by Gasteiger charge is 2.10. The second-order valence-electron chi connectivity index (χ2n) is 10.0. The minimum atomic E-state index is 0.0302. The first kappa shape index (κ1) is 31.4. The minimum Gasteiger partial charge on any atom is -0.497 e. The van der Waals surface area contributed by atoms with Gasteiger partial charge in [-0.2, -0.15) is 5.11 Å². The number of methoxy groups -OCH3 is 1. The molecule has 0 aliphatic rings. The predicted molar refractivity (Wildman–Crippen MR) is 166 cm³/mol. The number of azo groups is 2. The summed E-state index contributed by atoms with van der Waals surface area (Å²) in [6, 6.07) is 25.1. The summed E-state index contributed by atoms with van der Waals surface area (Å²) in [5.74, 6) is 1.61. The number of pyridine rings is 2. The van der Waals surface area contributed by atoms with Crippen molar-refractivity contribution in [1.82, 2.24) is 0 Å². The molecule has 2 heterocycles. The molecule has 224 valence electrons. The number of unbranched alkanes of at least 4 members (excludes halogenated alkanes) is 3. The lowest BCUT2D eigenvalue weighted by atomic mass is 10.2. The first-order chi connectivity index (χ1) is 21.2. The van der Waals surface area contributed by atoms with Gasteiger partial charge in [0.25, 0.3) is 0 Å². The maximum Gasteiger partial charge on any atom is 0.350 e. The van der Waals surface area contributed by atoms with E-state index in [9.17, 15) is 10.2 Å². The van der Waals surface area contributed by atoms with Crippen LogP contribution in [0.2, 0.25) is 0 Å². The molecule has 0 saturated carbocycles. The highest BCUT2D eigenvalue weighted by molar-refractivity contribution is 5.52. The molecule has 2 aromatic heterocycles. The number of ether oxygens (including phenoxy) is 1. The van der Waals surface area contributed by atoms with Crippen LogP contribution in [0.5, 0.6) is 5.75 Å². The Morgan fingerprint density at radius 2 is 1.30 bits per heavy atom. The molecule has 0 unspecified atom stereocenters. The summed E-state index contributed by atoms with van der Waals surface area (Å²) >= 11 is 0. The summed E-state index contributed by atoms with van der Waals surface area (Å²) in [5, 5.41) is 36.2. The van der Waals surface area contributed by atoms with Crippen molar-refractivity contribution < 1.29 is 24.1 Å². The molecule has 0 fully saturated rings. The van der Waals surface area contributed by atoms with Crippen LogP contribution in [-0.2, 0) is 13.1 Å². The van der Waals surface area contributed by atoms with E-state index in [-0.39, 0.29) is 13.2 Å². The number of anilines is 1. The fourth-order valence-corrected chi connectivity index (χ4v) is 4.60. The molecule has 43 heavy (non-hydrogen) atoms. The molecular formula is C33H41N7O3+2. The zero-order valence-corrected chi connectivity index (χ0v) is 24.7. The van der Waals surface area contributed by atoms with Gasteiger partial charge < -0.3 is 19.8 Å². The van der Waals surface area contributed by atoms with Crippen LogP contribution in [0.25, 0.3) is 0 Å². The molecule has 0 saturated heterocycles. The van der Waals surface area contributed by atoms with Crippen LogP contribution < -0.4 is 18.8 Å². The van der Waals surface area contributed by atoms with Gasteiger partial charge in [-0.25, -0.2) is 9.13 Å². The number of benzene rings is 2. The molecule has 2 N–H and O–H groups in total. The molecule has 0 aliphatic heterocycles. The van der Waals surface area contributed by atoms with Gasteiger partial charge >= 0.3 is 5.82 Å². The average molecular weight is 584 g/mol. The van der Waals surface area contributed by atoms with Crippen LogP contribution in [0.15, 0.2) is 118 Å². The van der Waals surface area contributed by atoms with Crippen molar-refractivity contribution in [2.45, 2.75) is 38.8 Å². The summed E-state index contributed by atoms with van der Waals surface area (Å²) in [5.41, 5.74) is 3.28. The first-order valence-corrected chi connectivity index (χ1v) is 14.7. The second-order valence-corrected chi connectivity index (χ2v) is 10.0. The molecule has 0 aliphatic carbocycles. The molecule has 4 rings (SSSR count). The van der Waals surface area contributed by atoms with Crippen LogP contribution in [-0.4, -0.2) is 43.6 Å². The lowest BCUT2D eigenvalue weighted by Crippen LogP contribution is -2.33. The van der Waals surface area contributed by atoms with Crippen molar-refractivity contribution in [2.75, 3.05) is 38.3 Å². The molecule has 10 heteroatoms. The van der Waals surface area contributed by atoms with Crippen molar-refractivity contribution in [3.8, 4) is 5.75 Å². The van der Waals surface area contributed by atoms with Gasteiger partial charge in [0, 0.05) is 37.3 Å². The van der Waals surface area contributed by atoms with Gasteiger partial charge in [0.2, 0.25) is 0 Å². The van der Waals surface area contributed by atoms with Crippen molar-refractivity contribution >= 4 is 28.6 Å². The summed E-state index contributed by atoms with van der Waals surface area (Å²) in [6.45, 7) is 2.80. The number of aliphatic hydroxyl groups excluding tert-OH is 2. The van der Waals surface area contributed by atoms with Gasteiger partial charge in [-0.15, -0.1) is 5.11 Å². The average Bonchev–Trinajstić information content (AvgIpc) is 3.05. The van der Waals surface area contributed by atoms with Gasteiger partial charge in [-0.05, 0) is 85.0 Å². The number of aryl methyl sites for hydroxylation is 2. The van der Waals surface area contributed by atoms with Crippen molar-refractivity contribution in [1.29, 1.82) is 0 Å². The zero-order chi connectivity index (χ0) is 30.1. The number of aromatic nitrogens is 2. The van der Waals surface area contributed by atoms with Gasteiger partial charge in [0.1, 0.15) is 23.7 Å². The van der Waals surface area contributed by atoms with E-state index in [1.165, 1.54) is 0 Å². The lowest BCUT2D eigenvalue weighted by Gasteiger charge is -2.22. The quantitative estimate of drug-likeness (QED) is 0.0882. The third-order valence-electron chi connectivity index (χ3n) is 6.90. The Morgan fingerprint density at radius 1 is 0.651 bits per heavy atom. The second kappa shape index (κ2) is 17.4. The van der Waals surface area contributed by atoms with Crippen LogP contribution in [0.3, 0.4) is 0 Å². The topological polar surface area (TPSA) is 110 Å². The smallest absolute Gasteiger partial charge is 0.350 e. The Kier molecular flexibility index (Phi) is 12.7. The van der Waals surface area contributed by atoms with E-state index in [4.69, 9.17) is 4.74 Å². The highest BCUT2D eigenvalue weighted by atomic mass is 16.5. The molecule has 0 atom stereocenters. The minimum absolute atomic E-state index is 0.0302. The number of hydrogen-bond donors (Lipinski definition) is 2. The number of rotatable bonds is 17. The molecule has 0 bridgehead atoms. The molecule has 2 aromatic carbocycles. The Labute approximate surface area is 253 Å². The standard InChI is InChI=1S/C33H41N7O3/c1-43-32-17-13-29(14-18-32)34-36-30-9-8-20-38(27-30)19-5-2-3-6-21-40-22-7-4-10-33(40)37-35-28-11-15-31(16-12-28)39(23-25-41)24-26-42/h4,7-18,20,22,27,41-42H,2-3,5-6,19,21,23-26H2,1H3/q+2/b36-34+. The molecule has 0 radical (unpaired) electrons. The third kappa shape index (κ3) is 10.4. The lowest BCUT2D eigenvalue weighted by molar-refractivity contribution is -0.697. The predicted octanol–water partition coefficient (Wildman–Crippen LogP) is 6.15. The summed E-state index contributed by atoms with van der Waals surface area (Å²) in [4.78, 5) is 1.93. The molecule has 0 spiro atoms. The van der Waals surface area contributed by atoms with Crippen molar-refractivity contribution in [3.63, 3.8) is 0 Å². The maximum absolute atomic E-state index is 9.27. The van der Waals surface area contributed by atoms with E-state index < -0.39 is 0 Å². The van der Waals surface area contributed by atoms with Crippen LogP contribution in [0, 0.1) is 0 Å². The van der Waals surface area contributed by atoms with E-state index in [0.29, 0.717) is 13.1 Å². The molecule has 10 nitrogen and oxygen atoms in total. The normalized spacial score (nSPS) is 11.4. The number of hydrogen-bond acceptors (Lipinski definition) is 8. The van der Waals surface area contributed by atoms with E-state index in [0.717, 1.165) is 73.1 Å². The summed E-state index contributed by atoms with van der Waals surface area (Å²) in [6.07, 6.45) is 10.5. The summed E-state index contributed by atoms with van der Waals surface area (Å²) in [7, 11) is 1.64. The van der Waals surface area contributed by atoms with Crippen molar-refractivity contribution in [3.05, 3.63) is 97.5 Å². The SMILES string of the molecule is COc1ccc(/N=N/c2ccc[n+](CCCCCC[n+]3ccccc3/N=N/c3ccc(N(CCO)CCO)cc3)c2)cc1.